The molecule has 2 aromatic rings. The van der Waals surface area contributed by atoms with E-state index in [2.05, 4.69) is 9.88 Å². The van der Waals surface area contributed by atoms with E-state index in [9.17, 15) is 4.79 Å². The van der Waals surface area contributed by atoms with Crippen molar-refractivity contribution in [1.82, 2.24) is 9.88 Å². The molecule has 2 heterocycles. The highest BCUT2D eigenvalue weighted by Gasteiger charge is 2.15. The summed E-state index contributed by atoms with van der Waals surface area (Å²) in [4.78, 5) is 18.4. The van der Waals surface area contributed by atoms with Crippen molar-refractivity contribution in [2.45, 2.75) is 26.9 Å². The van der Waals surface area contributed by atoms with Gasteiger partial charge in [-0.25, -0.2) is 9.78 Å². The molecular formula is C13H16N2O3S. The molecule has 0 spiro atoms. The molecule has 2 aromatic heterocycles. The molecule has 1 N–H and O–H groups in total. The molecule has 0 saturated carbocycles. The highest BCUT2D eigenvalue weighted by atomic mass is 32.1. The lowest BCUT2D eigenvalue weighted by Gasteiger charge is -2.13. The van der Waals surface area contributed by atoms with Gasteiger partial charge >= 0.3 is 5.97 Å². The number of hydrogen-bond acceptors (Lipinski definition) is 5. The van der Waals surface area contributed by atoms with Crippen LogP contribution >= 0.6 is 11.3 Å². The summed E-state index contributed by atoms with van der Waals surface area (Å²) in [7, 11) is 1.97. The number of carbonyl (C=O) groups is 1. The third kappa shape index (κ3) is 3.21. The predicted molar refractivity (Wildman–Crippen MR) is 72.4 cm³/mol. The minimum atomic E-state index is -1.02. The smallest absolute Gasteiger partial charge is 0.372 e. The van der Waals surface area contributed by atoms with Crippen LogP contribution in [0.5, 0.6) is 0 Å². The third-order valence-corrected chi connectivity index (χ3v) is 3.77. The van der Waals surface area contributed by atoms with Crippen LogP contribution in [0.4, 0.5) is 0 Å². The fourth-order valence-corrected chi connectivity index (χ4v) is 2.74. The first-order valence-corrected chi connectivity index (χ1v) is 6.75. The van der Waals surface area contributed by atoms with Gasteiger partial charge in [0.15, 0.2) is 0 Å². The van der Waals surface area contributed by atoms with Crippen LogP contribution in [0.1, 0.15) is 32.4 Å². The summed E-state index contributed by atoms with van der Waals surface area (Å²) in [6, 6.07) is 1.78. The third-order valence-electron chi connectivity index (χ3n) is 2.85. The maximum absolute atomic E-state index is 10.9. The van der Waals surface area contributed by atoms with E-state index in [1.54, 1.807) is 24.3 Å². The van der Waals surface area contributed by atoms with E-state index in [-0.39, 0.29) is 5.76 Å². The Bertz CT molecular complexity index is 588. The van der Waals surface area contributed by atoms with Crippen molar-refractivity contribution in [2.24, 2.45) is 0 Å². The van der Waals surface area contributed by atoms with Gasteiger partial charge in [-0.3, -0.25) is 4.90 Å². The van der Waals surface area contributed by atoms with Crippen LogP contribution < -0.4 is 0 Å². The van der Waals surface area contributed by atoms with E-state index in [0.717, 1.165) is 12.2 Å². The Hall–Kier alpha value is -1.66. The maximum atomic E-state index is 10.9. The molecule has 0 fully saturated rings. The van der Waals surface area contributed by atoms with Crippen molar-refractivity contribution in [3.63, 3.8) is 0 Å². The molecule has 0 atom stereocenters. The summed E-state index contributed by atoms with van der Waals surface area (Å²) in [6.45, 7) is 5.08. The maximum Gasteiger partial charge on any atom is 0.372 e. The number of hydrogen-bond donors (Lipinski definition) is 1. The van der Waals surface area contributed by atoms with Crippen LogP contribution in [0.15, 0.2) is 16.0 Å². The Morgan fingerprint density at radius 1 is 1.47 bits per heavy atom. The highest BCUT2D eigenvalue weighted by Crippen LogP contribution is 2.19. The number of nitrogens with zero attached hydrogens (tertiary/aromatic N) is 2. The largest absolute Gasteiger partial charge is 0.475 e. The molecule has 0 bridgehead atoms. The Kier molecular flexibility index (Phi) is 4.01. The molecule has 2 rings (SSSR count). The molecule has 19 heavy (non-hydrogen) atoms. The molecule has 0 aromatic carbocycles. The number of carboxylic acid groups (broad SMARTS) is 1. The zero-order valence-electron chi connectivity index (χ0n) is 11.1. The molecule has 5 nitrogen and oxygen atoms in total. The van der Waals surface area contributed by atoms with Crippen molar-refractivity contribution in [3.8, 4) is 0 Å². The molecule has 102 valence electrons. The first-order chi connectivity index (χ1) is 8.97. The number of thiazole rings is 1. The van der Waals surface area contributed by atoms with Crippen LogP contribution in [0, 0.1) is 13.8 Å². The Morgan fingerprint density at radius 2 is 2.21 bits per heavy atom. The summed E-state index contributed by atoms with van der Waals surface area (Å²) >= 11 is 1.62. The van der Waals surface area contributed by atoms with E-state index in [1.807, 2.05) is 19.5 Å². The van der Waals surface area contributed by atoms with Crippen molar-refractivity contribution in [1.29, 1.82) is 0 Å². The average molecular weight is 280 g/mol. The summed E-state index contributed by atoms with van der Waals surface area (Å²) < 4.78 is 5.34. The zero-order chi connectivity index (χ0) is 14.0. The van der Waals surface area contributed by atoms with Crippen LogP contribution in [0.2, 0.25) is 0 Å². The van der Waals surface area contributed by atoms with E-state index in [0.29, 0.717) is 17.9 Å². The van der Waals surface area contributed by atoms with Crippen molar-refractivity contribution >= 4 is 17.3 Å². The summed E-state index contributed by atoms with van der Waals surface area (Å²) in [6.07, 6.45) is 0. The van der Waals surface area contributed by atoms with Gasteiger partial charge in [0.05, 0.1) is 17.7 Å². The van der Waals surface area contributed by atoms with Gasteiger partial charge in [-0.1, -0.05) is 0 Å². The topological polar surface area (TPSA) is 66.6 Å². The molecule has 0 saturated heterocycles. The molecule has 6 heteroatoms. The van der Waals surface area contributed by atoms with Crippen LogP contribution in [0.25, 0.3) is 0 Å². The predicted octanol–water partition coefficient (Wildman–Crippen LogP) is 2.68. The quantitative estimate of drug-likeness (QED) is 0.912. The van der Waals surface area contributed by atoms with E-state index < -0.39 is 5.97 Å². The first kappa shape index (κ1) is 13.8. The van der Waals surface area contributed by atoms with E-state index in [4.69, 9.17) is 9.52 Å². The van der Waals surface area contributed by atoms with Gasteiger partial charge in [0.1, 0.15) is 5.76 Å². The van der Waals surface area contributed by atoms with Crippen molar-refractivity contribution in [2.75, 3.05) is 7.05 Å². The van der Waals surface area contributed by atoms with Gasteiger partial charge in [-0.2, -0.15) is 0 Å². The fourth-order valence-electron chi connectivity index (χ4n) is 1.88. The normalized spacial score (nSPS) is 11.2. The average Bonchev–Trinajstić information content (AvgIpc) is 2.86. The lowest BCUT2D eigenvalue weighted by atomic mass is 10.2. The second-order valence-corrected chi connectivity index (χ2v) is 5.50. The molecule has 0 amide bonds. The lowest BCUT2D eigenvalue weighted by molar-refractivity contribution is 0.0657. The highest BCUT2D eigenvalue weighted by molar-refractivity contribution is 7.09. The summed E-state index contributed by atoms with van der Waals surface area (Å²) in [5.74, 6) is -0.332. The number of rotatable bonds is 5. The van der Waals surface area contributed by atoms with Gasteiger partial charge in [-0.15, -0.1) is 11.3 Å². The van der Waals surface area contributed by atoms with Crippen LogP contribution in [-0.2, 0) is 13.1 Å². The van der Waals surface area contributed by atoms with Gasteiger partial charge < -0.3 is 9.52 Å². The number of aromatic carboxylic acids is 1. The Labute approximate surface area is 115 Å². The van der Waals surface area contributed by atoms with Crippen LogP contribution in [0.3, 0.4) is 0 Å². The lowest BCUT2D eigenvalue weighted by Crippen LogP contribution is -2.16. The minimum absolute atomic E-state index is 0.0253. The molecule has 0 aliphatic carbocycles. The summed E-state index contributed by atoms with van der Waals surface area (Å²) in [5, 5.41) is 8.94. The molecule has 0 radical (unpaired) electrons. The molecule has 0 unspecified atom stereocenters. The second-order valence-electron chi connectivity index (χ2n) is 4.56. The summed E-state index contributed by atoms with van der Waals surface area (Å²) in [5.41, 5.74) is 3.53. The zero-order valence-corrected chi connectivity index (χ0v) is 12.0. The fraction of sp³-hybridized carbons (Fsp3) is 0.385. The number of aryl methyl sites for hydroxylation is 2. The molecule has 0 aliphatic rings. The van der Waals surface area contributed by atoms with Gasteiger partial charge in [0.2, 0.25) is 5.76 Å². The second kappa shape index (κ2) is 5.54. The van der Waals surface area contributed by atoms with Crippen molar-refractivity contribution in [3.05, 3.63) is 39.2 Å². The SMILES string of the molecule is Cc1cc(CN(C)Cc2scnc2C)oc1C(=O)O. The Balaban J connectivity index is 2.03. The minimum Gasteiger partial charge on any atom is -0.475 e. The number of carboxylic acids is 1. The number of furan rings is 1. The van der Waals surface area contributed by atoms with E-state index >= 15 is 0 Å². The van der Waals surface area contributed by atoms with E-state index in [1.165, 1.54) is 4.88 Å². The molecule has 0 aliphatic heterocycles. The Morgan fingerprint density at radius 3 is 2.74 bits per heavy atom. The first-order valence-electron chi connectivity index (χ1n) is 5.87. The molecular weight excluding hydrogens is 264 g/mol. The standard InChI is InChI=1S/C13H16N2O3S/c1-8-4-10(18-12(8)13(16)17)5-15(3)6-11-9(2)14-7-19-11/h4,7H,5-6H2,1-3H3,(H,16,17). The van der Waals surface area contributed by atoms with Crippen LogP contribution in [-0.4, -0.2) is 28.0 Å². The van der Waals surface area contributed by atoms with Crippen molar-refractivity contribution < 1.29 is 14.3 Å². The van der Waals surface area contributed by atoms with Gasteiger partial charge in [0, 0.05) is 17.0 Å². The number of aromatic nitrogens is 1. The monoisotopic (exact) mass is 280 g/mol. The van der Waals surface area contributed by atoms with Gasteiger partial charge in [-0.05, 0) is 27.0 Å². The van der Waals surface area contributed by atoms with Gasteiger partial charge in [0.25, 0.3) is 0 Å².